The Kier molecular flexibility index (Phi) is 1.89. The lowest BCUT2D eigenvalue weighted by Crippen LogP contribution is -2.19. The van der Waals surface area contributed by atoms with Gasteiger partial charge in [0.1, 0.15) is 0 Å². The van der Waals surface area contributed by atoms with Gasteiger partial charge < -0.3 is 5.73 Å². The van der Waals surface area contributed by atoms with Crippen LogP contribution in [0.1, 0.15) is 31.0 Å². The second-order valence-corrected chi connectivity index (χ2v) is 4.78. The smallest absolute Gasteiger partial charge is 0.0704 e. The van der Waals surface area contributed by atoms with Crippen LogP contribution in [-0.2, 0) is 19.0 Å². The molecule has 1 fully saturated rings. The molecule has 0 saturated heterocycles. The van der Waals surface area contributed by atoms with Gasteiger partial charge in [0.2, 0.25) is 0 Å². The molecule has 2 N–H and O–H groups in total. The Balaban J connectivity index is 2.36. The Bertz CT molecular complexity index is 550. The van der Waals surface area contributed by atoms with Crippen LogP contribution in [0.4, 0.5) is 0 Å². The van der Waals surface area contributed by atoms with Crippen LogP contribution in [-0.4, -0.2) is 9.78 Å². The lowest BCUT2D eigenvalue weighted by Gasteiger charge is -2.11. The first-order chi connectivity index (χ1) is 7.65. The van der Waals surface area contributed by atoms with Gasteiger partial charge in [0.15, 0.2) is 0 Å². The van der Waals surface area contributed by atoms with E-state index in [0.29, 0.717) is 0 Å². The van der Waals surface area contributed by atoms with E-state index in [-0.39, 0.29) is 5.54 Å². The highest BCUT2D eigenvalue weighted by molar-refractivity contribution is 5.87. The fraction of sp³-hybridized carbons (Fsp3) is 0.462. The number of nitrogens with two attached hydrogens (primary N) is 1. The van der Waals surface area contributed by atoms with Crippen molar-refractivity contribution in [3.8, 4) is 0 Å². The molecule has 3 nitrogen and oxygen atoms in total. The largest absolute Gasteiger partial charge is 0.321 e. The topological polar surface area (TPSA) is 43.8 Å². The molecular formula is C13H17N3. The Morgan fingerprint density at radius 1 is 1.44 bits per heavy atom. The minimum Gasteiger partial charge on any atom is -0.321 e. The summed E-state index contributed by atoms with van der Waals surface area (Å²) < 4.78 is 1.96. The lowest BCUT2D eigenvalue weighted by molar-refractivity contribution is 0.747. The third kappa shape index (κ3) is 1.21. The van der Waals surface area contributed by atoms with Crippen molar-refractivity contribution in [1.29, 1.82) is 0 Å². The van der Waals surface area contributed by atoms with E-state index in [9.17, 15) is 0 Å². The van der Waals surface area contributed by atoms with Gasteiger partial charge in [0.25, 0.3) is 0 Å². The van der Waals surface area contributed by atoms with Crippen molar-refractivity contribution >= 4 is 10.9 Å². The van der Waals surface area contributed by atoms with Crippen LogP contribution in [0.3, 0.4) is 0 Å². The Morgan fingerprint density at radius 3 is 2.81 bits per heavy atom. The lowest BCUT2D eigenvalue weighted by atomic mass is 9.99. The van der Waals surface area contributed by atoms with E-state index in [1.807, 2.05) is 11.7 Å². The number of fused-ring (bicyclic) bond motifs is 1. The van der Waals surface area contributed by atoms with Gasteiger partial charge in [-0.3, -0.25) is 4.68 Å². The second kappa shape index (κ2) is 3.08. The minimum absolute atomic E-state index is 0.0769. The number of hydrogen-bond donors (Lipinski definition) is 1. The third-order valence-corrected chi connectivity index (χ3v) is 3.61. The van der Waals surface area contributed by atoms with Gasteiger partial charge >= 0.3 is 0 Å². The zero-order valence-electron chi connectivity index (χ0n) is 9.83. The Labute approximate surface area is 95.2 Å². The van der Waals surface area contributed by atoms with Gasteiger partial charge in [-0.25, -0.2) is 0 Å². The summed E-state index contributed by atoms with van der Waals surface area (Å²) in [6.45, 7) is 2.15. The molecular weight excluding hydrogens is 198 g/mol. The fourth-order valence-corrected chi connectivity index (χ4v) is 2.46. The normalized spacial score (nSPS) is 17.9. The average molecular weight is 215 g/mol. The highest BCUT2D eigenvalue weighted by Crippen LogP contribution is 2.45. The summed E-state index contributed by atoms with van der Waals surface area (Å²) in [5.41, 5.74) is 9.91. The van der Waals surface area contributed by atoms with Crippen LogP contribution >= 0.6 is 0 Å². The molecule has 0 unspecified atom stereocenters. The van der Waals surface area contributed by atoms with Crippen LogP contribution in [0.2, 0.25) is 0 Å². The van der Waals surface area contributed by atoms with Crippen molar-refractivity contribution in [2.75, 3.05) is 0 Å². The number of rotatable bonds is 2. The average Bonchev–Trinajstić information content (AvgIpc) is 2.95. The van der Waals surface area contributed by atoms with Crippen molar-refractivity contribution in [2.24, 2.45) is 12.8 Å². The first-order valence-electron chi connectivity index (χ1n) is 5.89. The van der Waals surface area contributed by atoms with Crippen molar-refractivity contribution in [1.82, 2.24) is 9.78 Å². The highest BCUT2D eigenvalue weighted by Gasteiger charge is 2.41. The van der Waals surface area contributed by atoms with Crippen LogP contribution in [0.5, 0.6) is 0 Å². The summed E-state index contributed by atoms with van der Waals surface area (Å²) >= 11 is 0. The molecule has 0 atom stereocenters. The Hall–Kier alpha value is -1.35. The Morgan fingerprint density at radius 2 is 2.19 bits per heavy atom. The van der Waals surface area contributed by atoms with E-state index >= 15 is 0 Å². The number of aromatic nitrogens is 2. The van der Waals surface area contributed by atoms with Gasteiger partial charge in [0.05, 0.1) is 11.2 Å². The summed E-state index contributed by atoms with van der Waals surface area (Å²) in [6, 6.07) is 6.37. The molecule has 0 spiro atoms. The van der Waals surface area contributed by atoms with E-state index in [1.54, 1.807) is 0 Å². The minimum atomic E-state index is -0.0769. The first kappa shape index (κ1) is 9.85. The molecule has 3 rings (SSSR count). The summed E-state index contributed by atoms with van der Waals surface area (Å²) in [6.07, 6.45) is 3.17. The summed E-state index contributed by atoms with van der Waals surface area (Å²) in [5, 5.41) is 5.86. The molecule has 84 valence electrons. The molecule has 2 aromatic rings. The molecule has 1 heterocycles. The molecule has 1 saturated carbocycles. The quantitative estimate of drug-likeness (QED) is 0.833. The summed E-state index contributed by atoms with van der Waals surface area (Å²) in [4.78, 5) is 0. The second-order valence-electron chi connectivity index (χ2n) is 4.78. The number of hydrogen-bond acceptors (Lipinski definition) is 2. The standard InChI is InChI=1S/C13H17N3/c1-3-10-12-9(13(14)7-8-13)5-4-6-11(12)16(2)15-10/h4-6H,3,7-8,14H2,1-2H3. The SMILES string of the molecule is CCc1nn(C)c2cccc(C3(N)CC3)c12. The third-order valence-electron chi connectivity index (χ3n) is 3.61. The molecule has 1 aliphatic carbocycles. The fourth-order valence-electron chi connectivity index (χ4n) is 2.46. The molecule has 0 amide bonds. The molecule has 1 aromatic carbocycles. The van der Waals surface area contributed by atoms with E-state index in [4.69, 9.17) is 5.73 Å². The van der Waals surface area contributed by atoms with Crippen molar-refractivity contribution in [3.63, 3.8) is 0 Å². The maximum atomic E-state index is 6.33. The van der Waals surface area contributed by atoms with Crippen molar-refractivity contribution in [2.45, 2.75) is 31.7 Å². The van der Waals surface area contributed by atoms with E-state index in [0.717, 1.165) is 19.3 Å². The van der Waals surface area contributed by atoms with E-state index in [2.05, 4.69) is 30.2 Å². The number of aryl methyl sites for hydroxylation is 2. The molecule has 16 heavy (non-hydrogen) atoms. The van der Waals surface area contributed by atoms with Crippen LogP contribution < -0.4 is 5.73 Å². The van der Waals surface area contributed by atoms with Gasteiger partial charge in [-0.05, 0) is 30.9 Å². The molecule has 3 heteroatoms. The maximum Gasteiger partial charge on any atom is 0.0704 e. The van der Waals surface area contributed by atoms with Gasteiger partial charge in [-0.2, -0.15) is 5.10 Å². The molecule has 0 radical (unpaired) electrons. The van der Waals surface area contributed by atoms with Crippen LogP contribution in [0.25, 0.3) is 10.9 Å². The highest BCUT2D eigenvalue weighted by atomic mass is 15.3. The molecule has 0 aliphatic heterocycles. The van der Waals surface area contributed by atoms with Crippen LogP contribution in [0, 0.1) is 0 Å². The monoisotopic (exact) mass is 215 g/mol. The molecule has 0 bridgehead atoms. The number of benzene rings is 1. The molecule has 1 aromatic heterocycles. The van der Waals surface area contributed by atoms with Gasteiger partial charge in [-0.1, -0.05) is 19.1 Å². The van der Waals surface area contributed by atoms with Gasteiger partial charge in [-0.15, -0.1) is 0 Å². The zero-order valence-corrected chi connectivity index (χ0v) is 9.83. The predicted molar refractivity (Wildman–Crippen MR) is 65.2 cm³/mol. The number of nitrogens with zero attached hydrogens (tertiary/aromatic N) is 2. The van der Waals surface area contributed by atoms with E-state index < -0.39 is 0 Å². The summed E-state index contributed by atoms with van der Waals surface area (Å²) in [7, 11) is 2.00. The van der Waals surface area contributed by atoms with Gasteiger partial charge in [0, 0.05) is 18.0 Å². The summed E-state index contributed by atoms with van der Waals surface area (Å²) in [5.74, 6) is 0. The first-order valence-corrected chi connectivity index (χ1v) is 5.89. The maximum absolute atomic E-state index is 6.33. The van der Waals surface area contributed by atoms with Crippen LogP contribution in [0.15, 0.2) is 18.2 Å². The van der Waals surface area contributed by atoms with Crippen molar-refractivity contribution in [3.05, 3.63) is 29.5 Å². The van der Waals surface area contributed by atoms with E-state index in [1.165, 1.54) is 22.2 Å². The zero-order chi connectivity index (χ0) is 11.3. The van der Waals surface area contributed by atoms with Crippen molar-refractivity contribution < 1.29 is 0 Å². The molecule has 1 aliphatic rings. The predicted octanol–water partition coefficient (Wildman–Crippen LogP) is 2.08.